The third kappa shape index (κ3) is 10.9. The van der Waals surface area contributed by atoms with Crippen LogP contribution in [0.25, 0.3) is 0 Å². The van der Waals surface area contributed by atoms with Gasteiger partial charge in [-0.2, -0.15) is 0 Å². The zero-order valence-corrected chi connectivity index (χ0v) is 16.5. The van der Waals surface area contributed by atoms with Crippen LogP contribution in [0.5, 0.6) is 0 Å². The molecule has 10 nitrogen and oxygen atoms in total. The summed E-state index contributed by atoms with van der Waals surface area (Å²) in [4.78, 5) is 35.4. The summed E-state index contributed by atoms with van der Waals surface area (Å²) in [6.07, 6.45) is 2.59. The van der Waals surface area contributed by atoms with Gasteiger partial charge >= 0.3 is 0 Å². The molecule has 1 unspecified atom stereocenters. The predicted octanol–water partition coefficient (Wildman–Crippen LogP) is -1.40. The molecule has 0 aliphatic carbocycles. The number of carbonyl (C=O) groups excluding carboxylic acids is 1. The Hall–Kier alpha value is -1.75. The predicted molar refractivity (Wildman–Crippen MR) is 101 cm³/mol. The fourth-order valence-electron chi connectivity index (χ4n) is 3.11. The highest BCUT2D eigenvalue weighted by molar-refractivity contribution is 5.78. The Morgan fingerprint density at radius 2 is 1.70 bits per heavy atom. The van der Waals surface area contributed by atoms with Crippen molar-refractivity contribution in [3.63, 3.8) is 0 Å². The van der Waals surface area contributed by atoms with Crippen LogP contribution in [0, 0.1) is 0 Å². The fourth-order valence-corrected chi connectivity index (χ4v) is 3.11. The van der Waals surface area contributed by atoms with Gasteiger partial charge in [0.15, 0.2) is 0 Å². The zero-order chi connectivity index (χ0) is 20.9. The summed E-state index contributed by atoms with van der Waals surface area (Å²) < 4.78 is 0. The molecule has 2 rings (SSSR count). The number of nitrogens with zero attached hydrogens (tertiary/aromatic N) is 3. The Morgan fingerprint density at radius 1 is 1.19 bits per heavy atom. The van der Waals surface area contributed by atoms with Gasteiger partial charge in [0.05, 0.1) is 12.1 Å². The van der Waals surface area contributed by atoms with Gasteiger partial charge in [0.2, 0.25) is 5.91 Å². The number of carboxylic acid groups (broad SMARTS) is 2. The Bertz CT molecular complexity index is 435. The highest BCUT2D eigenvalue weighted by Crippen LogP contribution is 2.20. The van der Waals surface area contributed by atoms with Gasteiger partial charge in [-0.25, -0.2) is 0 Å². The number of likely N-dealkylation sites (tertiary alicyclic amines) is 2. The van der Waals surface area contributed by atoms with E-state index in [4.69, 9.17) is 19.8 Å². The van der Waals surface area contributed by atoms with Gasteiger partial charge in [0.1, 0.15) is 0 Å². The van der Waals surface area contributed by atoms with Crippen molar-refractivity contribution in [2.75, 3.05) is 60.4 Å². The molecule has 0 radical (unpaired) electrons. The summed E-state index contributed by atoms with van der Waals surface area (Å²) in [6.45, 7) is 4.04. The number of nitrogens with one attached hydrogen (secondary N) is 1. The largest absolute Gasteiger partial charge is 0.483 e. The number of likely N-dealkylation sites (N-methyl/N-ethyl adjacent to an activating group) is 1. The minimum Gasteiger partial charge on any atom is -0.483 e. The van der Waals surface area contributed by atoms with Crippen LogP contribution in [-0.4, -0.2) is 121 Å². The van der Waals surface area contributed by atoms with Gasteiger partial charge in [0, 0.05) is 38.8 Å². The summed E-state index contributed by atoms with van der Waals surface area (Å²) >= 11 is 0. The molecule has 0 aromatic heterocycles. The Morgan fingerprint density at radius 3 is 2.15 bits per heavy atom. The molecular formula is C17H34N4O6. The van der Waals surface area contributed by atoms with Gasteiger partial charge in [-0.3, -0.25) is 19.3 Å². The molecular weight excluding hydrogens is 356 g/mol. The summed E-state index contributed by atoms with van der Waals surface area (Å²) in [7, 11) is 6.24. The second-order valence-electron chi connectivity index (χ2n) is 7.16. The summed E-state index contributed by atoms with van der Waals surface area (Å²) in [5.74, 6) is 0.0294. The highest BCUT2D eigenvalue weighted by atomic mass is 16.3. The second kappa shape index (κ2) is 13.4. The van der Waals surface area contributed by atoms with E-state index < -0.39 is 5.60 Å². The van der Waals surface area contributed by atoms with E-state index in [2.05, 4.69) is 41.2 Å². The van der Waals surface area contributed by atoms with Crippen molar-refractivity contribution in [2.45, 2.75) is 30.9 Å². The number of piperidine rings is 1. The van der Waals surface area contributed by atoms with Crippen LogP contribution in [0.4, 0.5) is 0 Å². The average Bonchev–Trinajstić information content (AvgIpc) is 3.06. The first-order valence-corrected chi connectivity index (χ1v) is 8.93. The van der Waals surface area contributed by atoms with Crippen molar-refractivity contribution in [1.82, 2.24) is 20.0 Å². The maximum atomic E-state index is 12.0. The molecule has 0 bridgehead atoms. The number of carbonyl (C=O) groups is 3. The van der Waals surface area contributed by atoms with Gasteiger partial charge in [-0.05, 0) is 40.4 Å². The van der Waals surface area contributed by atoms with E-state index in [-0.39, 0.29) is 18.9 Å². The van der Waals surface area contributed by atoms with Gasteiger partial charge < -0.3 is 30.4 Å². The Balaban J connectivity index is 0.000000997. The van der Waals surface area contributed by atoms with Crippen LogP contribution in [0.2, 0.25) is 0 Å². The van der Waals surface area contributed by atoms with E-state index in [0.29, 0.717) is 19.1 Å². The fraction of sp³-hybridized carbons (Fsp3) is 0.824. The smallest absolute Gasteiger partial charge is 0.290 e. The Labute approximate surface area is 160 Å². The molecule has 2 saturated heterocycles. The molecule has 158 valence electrons. The zero-order valence-electron chi connectivity index (χ0n) is 16.5. The van der Waals surface area contributed by atoms with Crippen LogP contribution < -0.4 is 5.32 Å². The normalized spacial score (nSPS) is 22.0. The minimum absolute atomic E-state index is 0.0294. The first kappa shape index (κ1) is 25.2. The molecule has 4 N–H and O–H groups in total. The molecule has 1 amide bonds. The maximum absolute atomic E-state index is 12.0. The van der Waals surface area contributed by atoms with E-state index in [1.165, 1.54) is 0 Å². The second-order valence-corrected chi connectivity index (χ2v) is 7.16. The van der Waals surface area contributed by atoms with Crippen molar-refractivity contribution >= 4 is 18.9 Å². The molecule has 27 heavy (non-hydrogen) atoms. The SMILES string of the molecule is CN1CCC(O)(CNC(=O)CN2CCC(N(C)C)C2)CC1.O=CO.O=CO. The van der Waals surface area contributed by atoms with Crippen molar-refractivity contribution in [3.8, 4) is 0 Å². The highest BCUT2D eigenvalue weighted by Gasteiger charge is 2.32. The standard InChI is InChI=1S/C15H30N4O2.2CH2O2/c1-17(2)13-4-7-19(10-13)11-14(20)16-12-15(21)5-8-18(3)9-6-15;2*2-1-3/h13,21H,4-12H2,1-3H3,(H,16,20);2*1H,(H,2,3). The van der Waals surface area contributed by atoms with E-state index in [0.717, 1.165) is 45.4 Å². The molecule has 10 heteroatoms. The Kier molecular flexibility index (Phi) is 12.6. The van der Waals surface area contributed by atoms with E-state index in [1.807, 2.05) is 0 Å². The molecule has 2 heterocycles. The molecule has 2 aliphatic heterocycles. The number of amides is 1. The molecule has 0 aromatic rings. The van der Waals surface area contributed by atoms with Gasteiger partial charge in [0.25, 0.3) is 12.9 Å². The lowest BCUT2D eigenvalue weighted by molar-refractivity contribution is -0.124. The van der Waals surface area contributed by atoms with E-state index in [1.54, 1.807) is 0 Å². The molecule has 0 saturated carbocycles. The molecule has 2 aliphatic rings. The van der Waals surface area contributed by atoms with Gasteiger partial charge in [-0.1, -0.05) is 0 Å². The van der Waals surface area contributed by atoms with E-state index >= 15 is 0 Å². The number of rotatable bonds is 5. The van der Waals surface area contributed by atoms with Crippen LogP contribution in [-0.2, 0) is 14.4 Å². The minimum atomic E-state index is -0.723. The van der Waals surface area contributed by atoms with Crippen molar-refractivity contribution in [3.05, 3.63) is 0 Å². The maximum Gasteiger partial charge on any atom is 0.290 e. The third-order valence-electron chi connectivity index (χ3n) is 4.88. The lowest BCUT2D eigenvalue weighted by atomic mass is 9.91. The van der Waals surface area contributed by atoms with Crippen LogP contribution in [0.15, 0.2) is 0 Å². The van der Waals surface area contributed by atoms with Crippen molar-refractivity contribution in [1.29, 1.82) is 0 Å². The van der Waals surface area contributed by atoms with Gasteiger partial charge in [-0.15, -0.1) is 0 Å². The lowest BCUT2D eigenvalue weighted by Gasteiger charge is -2.36. The van der Waals surface area contributed by atoms with Crippen molar-refractivity contribution in [2.24, 2.45) is 0 Å². The number of aliphatic hydroxyl groups is 1. The van der Waals surface area contributed by atoms with Crippen LogP contribution in [0.3, 0.4) is 0 Å². The molecule has 1 atom stereocenters. The lowest BCUT2D eigenvalue weighted by Crippen LogP contribution is -2.51. The third-order valence-corrected chi connectivity index (χ3v) is 4.88. The summed E-state index contributed by atoms with van der Waals surface area (Å²) in [5, 5.41) is 27.1. The monoisotopic (exact) mass is 390 g/mol. The van der Waals surface area contributed by atoms with Crippen molar-refractivity contribution < 1.29 is 29.7 Å². The van der Waals surface area contributed by atoms with E-state index in [9.17, 15) is 9.90 Å². The van der Waals surface area contributed by atoms with Crippen LogP contribution >= 0.6 is 0 Å². The average molecular weight is 390 g/mol. The molecule has 0 spiro atoms. The molecule has 2 fully saturated rings. The topological polar surface area (TPSA) is 134 Å². The first-order chi connectivity index (χ1) is 12.7. The summed E-state index contributed by atoms with van der Waals surface area (Å²) in [6, 6.07) is 0.552. The first-order valence-electron chi connectivity index (χ1n) is 8.93. The van der Waals surface area contributed by atoms with Crippen LogP contribution in [0.1, 0.15) is 19.3 Å². The number of hydrogen-bond acceptors (Lipinski definition) is 7. The number of hydrogen-bond donors (Lipinski definition) is 4. The summed E-state index contributed by atoms with van der Waals surface area (Å²) in [5.41, 5.74) is -0.723. The molecule has 0 aromatic carbocycles. The quantitative estimate of drug-likeness (QED) is 0.418.